The zero-order valence-electron chi connectivity index (χ0n) is 22.5. The lowest BCUT2D eigenvalue weighted by Gasteiger charge is -2.37. The van der Waals surface area contributed by atoms with Crippen LogP contribution in [0.5, 0.6) is 0 Å². The fourth-order valence-corrected chi connectivity index (χ4v) is 5.50. The standard InChI is InChI=1S/C31H48O4/c1-5-7-8-9-10-11-15-30-24(4)17-16-23(3)18-26-13-12-14-27(33-26)21-28-19-25(6-2)20-29(34-28)22-31(32)35-30/h6,9-11,15-17,23-24,26-30H,5,7-8,12-14,18-22H2,1-4H3/b10-9-,15-11+,17-16+,25-6-/t23-,24-,26+,27?,28+,29?,30?/m0/s1. The van der Waals surface area contributed by atoms with Crippen molar-refractivity contribution in [2.24, 2.45) is 11.8 Å². The van der Waals surface area contributed by atoms with E-state index in [0.717, 1.165) is 44.9 Å². The Morgan fingerprint density at radius 3 is 2.46 bits per heavy atom. The summed E-state index contributed by atoms with van der Waals surface area (Å²) in [4.78, 5) is 13.0. The fraction of sp³-hybridized carbons (Fsp3) is 0.710. The number of carbonyl (C=O) groups is 1. The van der Waals surface area contributed by atoms with Crippen molar-refractivity contribution in [2.75, 3.05) is 0 Å². The van der Waals surface area contributed by atoms with Gasteiger partial charge in [0.2, 0.25) is 0 Å². The number of rotatable bonds is 5. The smallest absolute Gasteiger partial charge is 0.309 e. The van der Waals surface area contributed by atoms with Crippen LogP contribution in [0.2, 0.25) is 0 Å². The predicted molar refractivity (Wildman–Crippen MR) is 143 cm³/mol. The van der Waals surface area contributed by atoms with Crippen LogP contribution < -0.4 is 0 Å². The van der Waals surface area contributed by atoms with Gasteiger partial charge in [0.15, 0.2) is 0 Å². The number of unbranched alkanes of at least 4 members (excludes halogenated alkanes) is 2. The summed E-state index contributed by atoms with van der Waals surface area (Å²) < 4.78 is 19.0. The summed E-state index contributed by atoms with van der Waals surface area (Å²) in [5.41, 5.74) is 1.38. The molecule has 0 amide bonds. The van der Waals surface area contributed by atoms with E-state index < -0.39 is 0 Å². The van der Waals surface area contributed by atoms with Crippen LogP contribution in [0.15, 0.2) is 48.1 Å². The van der Waals surface area contributed by atoms with Crippen molar-refractivity contribution in [1.82, 2.24) is 0 Å². The number of fused-ring (bicyclic) bond motifs is 4. The van der Waals surface area contributed by atoms with Gasteiger partial charge in [-0.1, -0.05) is 75.6 Å². The van der Waals surface area contributed by atoms with Crippen LogP contribution in [0.4, 0.5) is 0 Å². The maximum Gasteiger partial charge on any atom is 0.309 e. The molecule has 3 unspecified atom stereocenters. The Labute approximate surface area is 213 Å². The third-order valence-electron chi connectivity index (χ3n) is 7.57. The quantitative estimate of drug-likeness (QED) is 0.174. The highest BCUT2D eigenvalue weighted by Gasteiger charge is 2.32. The molecule has 2 saturated heterocycles. The van der Waals surface area contributed by atoms with Crippen LogP contribution in [-0.2, 0) is 19.0 Å². The zero-order valence-corrected chi connectivity index (χ0v) is 22.5. The van der Waals surface area contributed by atoms with Crippen LogP contribution in [0, 0.1) is 11.8 Å². The van der Waals surface area contributed by atoms with Crippen LogP contribution in [0.1, 0.15) is 98.3 Å². The van der Waals surface area contributed by atoms with E-state index in [4.69, 9.17) is 14.2 Å². The molecule has 35 heavy (non-hydrogen) atoms. The van der Waals surface area contributed by atoms with E-state index in [1.165, 1.54) is 24.8 Å². The van der Waals surface area contributed by atoms with Crippen molar-refractivity contribution in [3.63, 3.8) is 0 Å². The van der Waals surface area contributed by atoms with Gasteiger partial charge in [0.1, 0.15) is 6.10 Å². The first-order valence-electron chi connectivity index (χ1n) is 14.1. The Morgan fingerprint density at radius 1 is 0.943 bits per heavy atom. The van der Waals surface area contributed by atoms with Crippen LogP contribution in [0.25, 0.3) is 0 Å². The molecule has 0 aromatic carbocycles. The normalized spacial score (nSPS) is 37.5. The van der Waals surface area contributed by atoms with E-state index in [2.05, 4.69) is 58.1 Å². The van der Waals surface area contributed by atoms with Crippen molar-refractivity contribution in [1.29, 1.82) is 0 Å². The molecule has 3 heterocycles. The van der Waals surface area contributed by atoms with Crippen LogP contribution in [-0.4, -0.2) is 36.5 Å². The number of cyclic esters (lactones) is 1. The second-order valence-corrected chi connectivity index (χ2v) is 10.9. The van der Waals surface area contributed by atoms with E-state index in [-0.39, 0.29) is 36.3 Å². The van der Waals surface area contributed by atoms with Gasteiger partial charge in [0, 0.05) is 12.3 Å². The molecule has 3 aliphatic rings. The minimum absolute atomic E-state index is 0.0979. The number of esters is 1. The first-order chi connectivity index (χ1) is 17.0. The van der Waals surface area contributed by atoms with Gasteiger partial charge in [-0.15, -0.1) is 0 Å². The Bertz CT molecular complexity index is 764. The topological polar surface area (TPSA) is 44.8 Å². The maximum atomic E-state index is 13.0. The largest absolute Gasteiger partial charge is 0.457 e. The highest BCUT2D eigenvalue weighted by molar-refractivity contribution is 5.70. The molecule has 0 aromatic heterocycles. The molecular weight excluding hydrogens is 436 g/mol. The molecule has 0 spiro atoms. The predicted octanol–water partition coefficient (Wildman–Crippen LogP) is 7.64. The van der Waals surface area contributed by atoms with Gasteiger partial charge in [-0.2, -0.15) is 0 Å². The van der Waals surface area contributed by atoms with Crippen molar-refractivity contribution in [3.05, 3.63) is 48.1 Å². The van der Waals surface area contributed by atoms with Crippen molar-refractivity contribution in [2.45, 2.75) is 129 Å². The lowest BCUT2D eigenvalue weighted by Crippen LogP contribution is -2.37. The molecular formula is C31H48O4. The second-order valence-electron chi connectivity index (χ2n) is 10.9. The van der Waals surface area contributed by atoms with Gasteiger partial charge in [0.25, 0.3) is 0 Å². The molecule has 0 radical (unpaired) electrons. The molecule has 0 aromatic rings. The van der Waals surface area contributed by atoms with E-state index >= 15 is 0 Å². The average Bonchev–Trinajstić information content (AvgIpc) is 2.83. The minimum Gasteiger partial charge on any atom is -0.457 e. The number of hydrogen-bond acceptors (Lipinski definition) is 4. The number of ether oxygens (including phenoxy) is 3. The SMILES string of the molecule is C/C=C1\CC2CC(=O)OC(/C=C/C=C\CCCC)[C@@H](C)/C=C/[C@H](C)C[C@H]3CCCC(C[C@@H](C1)O2)O3. The molecule has 2 fully saturated rings. The molecule has 4 bridgehead atoms. The van der Waals surface area contributed by atoms with Gasteiger partial charge in [-0.25, -0.2) is 0 Å². The first-order valence-corrected chi connectivity index (χ1v) is 14.1. The third-order valence-corrected chi connectivity index (χ3v) is 7.57. The van der Waals surface area contributed by atoms with E-state index in [1.54, 1.807) is 0 Å². The molecule has 3 rings (SSSR count). The monoisotopic (exact) mass is 484 g/mol. The number of allylic oxidation sites excluding steroid dienone is 5. The lowest BCUT2D eigenvalue weighted by atomic mass is 9.90. The molecule has 0 N–H and O–H groups in total. The fourth-order valence-electron chi connectivity index (χ4n) is 5.50. The highest BCUT2D eigenvalue weighted by atomic mass is 16.5. The average molecular weight is 485 g/mol. The zero-order chi connectivity index (χ0) is 25.0. The van der Waals surface area contributed by atoms with Gasteiger partial charge >= 0.3 is 5.97 Å². The number of carbonyl (C=O) groups excluding carboxylic acids is 1. The van der Waals surface area contributed by atoms with E-state index in [1.807, 2.05) is 12.2 Å². The summed E-state index contributed by atoms with van der Waals surface area (Å²) in [6, 6.07) is 0. The van der Waals surface area contributed by atoms with Gasteiger partial charge in [-0.05, 0) is 63.9 Å². The summed E-state index contributed by atoms with van der Waals surface area (Å²) >= 11 is 0. The van der Waals surface area contributed by atoms with Crippen LogP contribution >= 0.6 is 0 Å². The first kappa shape index (κ1) is 27.9. The Kier molecular flexibility index (Phi) is 11.8. The van der Waals surface area contributed by atoms with Crippen molar-refractivity contribution >= 4 is 5.97 Å². The molecule has 7 atom stereocenters. The lowest BCUT2D eigenvalue weighted by molar-refractivity contribution is -0.154. The third kappa shape index (κ3) is 9.73. The minimum atomic E-state index is -0.287. The van der Waals surface area contributed by atoms with Crippen molar-refractivity contribution in [3.8, 4) is 0 Å². The Morgan fingerprint density at radius 2 is 1.69 bits per heavy atom. The van der Waals surface area contributed by atoms with Crippen molar-refractivity contribution < 1.29 is 19.0 Å². The molecule has 0 aliphatic carbocycles. The molecule has 4 nitrogen and oxygen atoms in total. The van der Waals surface area contributed by atoms with Gasteiger partial charge < -0.3 is 14.2 Å². The summed E-state index contributed by atoms with van der Waals surface area (Å²) in [6.07, 6.45) is 26.2. The van der Waals surface area contributed by atoms with Gasteiger partial charge in [-0.3, -0.25) is 4.79 Å². The highest BCUT2D eigenvalue weighted by Crippen LogP contribution is 2.33. The summed E-state index contributed by atoms with van der Waals surface area (Å²) in [7, 11) is 0. The molecule has 4 heteroatoms. The Balaban J connectivity index is 1.76. The molecule has 196 valence electrons. The molecule has 0 saturated carbocycles. The second kappa shape index (κ2) is 14.8. The van der Waals surface area contributed by atoms with Crippen LogP contribution in [0.3, 0.4) is 0 Å². The van der Waals surface area contributed by atoms with E-state index in [9.17, 15) is 4.79 Å². The van der Waals surface area contributed by atoms with Gasteiger partial charge in [0.05, 0.1) is 30.8 Å². The maximum absolute atomic E-state index is 13.0. The Hall–Kier alpha value is -1.65. The molecule has 3 aliphatic heterocycles. The van der Waals surface area contributed by atoms with E-state index in [0.29, 0.717) is 18.4 Å². The summed E-state index contributed by atoms with van der Waals surface area (Å²) in [6.45, 7) is 8.69. The number of hydrogen-bond donors (Lipinski definition) is 0. The summed E-state index contributed by atoms with van der Waals surface area (Å²) in [5, 5.41) is 0. The summed E-state index contributed by atoms with van der Waals surface area (Å²) in [5.74, 6) is 0.346.